The molecule has 1 fully saturated rings. The van der Waals surface area contributed by atoms with Gasteiger partial charge in [0, 0.05) is 18.2 Å². The number of rotatable bonds is 7. The number of aryl methyl sites for hydroxylation is 1. The smallest absolute Gasteiger partial charge is 0.225 e. The predicted molar refractivity (Wildman–Crippen MR) is 112 cm³/mol. The number of nitrogens with two attached hydrogens (primary N) is 1. The summed E-state index contributed by atoms with van der Waals surface area (Å²) in [5.41, 5.74) is 7.32. The molecule has 0 amide bonds. The number of hydrogen-bond acceptors (Lipinski definition) is 6. The molecule has 4 atom stereocenters. The molecule has 7 heteroatoms. The lowest BCUT2D eigenvalue weighted by atomic mass is 9.92. The quantitative estimate of drug-likeness (QED) is 0.541. The highest BCUT2D eigenvalue weighted by Crippen LogP contribution is 2.38. The maximum absolute atomic E-state index is 9.62. The SMILES string of the molecule is CCC(C)(C)Nc1nc(C)c(C(N)=S)c(NC2CC(CO)C(C)C2C)n1. The van der Waals surface area contributed by atoms with E-state index >= 15 is 0 Å². The predicted octanol–water partition coefficient (Wildman–Crippen LogP) is 3.08. The summed E-state index contributed by atoms with van der Waals surface area (Å²) in [6.07, 6.45) is 1.85. The molecule has 1 aliphatic carbocycles. The second kappa shape index (κ2) is 8.05. The molecule has 0 saturated heterocycles. The number of anilines is 2. The van der Waals surface area contributed by atoms with Crippen LogP contribution in [0.25, 0.3) is 0 Å². The highest BCUT2D eigenvalue weighted by Gasteiger charge is 2.38. The van der Waals surface area contributed by atoms with Gasteiger partial charge in [0.25, 0.3) is 0 Å². The maximum Gasteiger partial charge on any atom is 0.225 e. The van der Waals surface area contributed by atoms with E-state index in [1.165, 1.54) is 0 Å². The molecule has 1 heterocycles. The average Bonchev–Trinajstić information content (AvgIpc) is 2.81. The van der Waals surface area contributed by atoms with Crippen molar-refractivity contribution in [1.29, 1.82) is 0 Å². The topological polar surface area (TPSA) is 96.1 Å². The summed E-state index contributed by atoms with van der Waals surface area (Å²) in [5, 5.41) is 16.6. The van der Waals surface area contributed by atoms with Crippen molar-refractivity contribution < 1.29 is 5.11 Å². The van der Waals surface area contributed by atoms with Crippen LogP contribution in [0.15, 0.2) is 0 Å². The molecule has 0 aromatic carbocycles. The normalized spacial score (nSPS) is 26.0. The number of aromatic nitrogens is 2. The van der Waals surface area contributed by atoms with Gasteiger partial charge in [0.05, 0.1) is 11.3 Å². The number of nitrogens with one attached hydrogen (secondary N) is 2. The van der Waals surface area contributed by atoms with E-state index in [4.69, 9.17) is 22.9 Å². The molecule has 146 valence electrons. The minimum absolute atomic E-state index is 0.106. The first-order valence-electron chi connectivity index (χ1n) is 9.43. The fourth-order valence-corrected chi connectivity index (χ4v) is 3.82. The third-order valence-corrected chi connectivity index (χ3v) is 6.20. The molecule has 1 aliphatic rings. The van der Waals surface area contributed by atoms with Crippen LogP contribution in [0.1, 0.15) is 58.7 Å². The van der Waals surface area contributed by atoms with E-state index in [1.54, 1.807) is 0 Å². The Labute approximate surface area is 162 Å². The van der Waals surface area contributed by atoms with Crippen molar-refractivity contribution >= 4 is 29.0 Å². The van der Waals surface area contributed by atoms with E-state index in [0.29, 0.717) is 40.1 Å². The van der Waals surface area contributed by atoms with Crippen molar-refractivity contribution in [2.45, 2.75) is 66.0 Å². The first kappa shape index (κ1) is 20.8. The van der Waals surface area contributed by atoms with Gasteiger partial charge in [0.2, 0.25) is 5.95 Å². The molecule has 1 aromatic rings. The summed E-state index contributed by atoms with van der Waals surface area (Å²) in [6, 6.07) is 0.219. The molecule has 6 nitrogen and oxygen atoms in total. The van der Waals surface area contributed by atoms with Gasteiger partial charge in [0.15, 0.2) is 0 Å². The van der Waals surface area contributed by atoms with Gasteiger partial charge in [-0.25, -0.2) is 4.98 Å². The zero-order valence-electron chi connectivity index (χ0n) is 16.8. The summed E-state index contributed by atoms with van der Waals surface area (Å²) in [6.45, 7) is 12.9. The van der Waals surface area contributed by atoms with E-state index in [1.807, 2.05) is 6.92 Å². The largest absolute Gasteiger partial charge is 0.396 e. The molecule has 26 heavy (non-hydrogen) atoms. The van der Waals surface area contributed by atoms with Crippen molar-refractivity contribution in [3.8, 4) is 0 Å². The summed E-state index contributed by atoms with van der Waals surface area (Å²) >= 11 is 5.25. The fraction of sp³-hybridized carbons (Fsp3) is 0.737. The van der Waals surface area contributed by atoms with E-state index in [9.17, 15) is 5.11 Å². The zero-order chi connectivity index (χ0) is 19.6. The Morgan fingerprint density at radius 2 is 1.96 bits per heavy atom. The third kappa shape index (κ3) is 4.43. The standard InChI is InChI=1S/C19H33N5OS/c1-7-19(5,6)24-18-21-12(4)15(16(20)26)17(23-18)22-14-8-13(9-25)10(2)11(14)3/h10-11,13-14,25H,7-9H2,1-6H3,(H2,20,26)(H2,21,22,23,24). The van der Waals surface area contributed by atoms with Gasteiger partial charge in [-0.05, 0) is 51.4 Å². The van der Waals surface area contributed by atoms with Crippen molar-refractivity contribution in [3.63, 3.8) is 0 Å². The molecule has 0 radical (unpaired) electrons. The lowest BCUT2D eigenvalue weighted by molar-refractivity contribution is 0.191. The van der Waals surface area contributed by atoms with Crippen LogP contribution in [-0.4, -0.2) is 38.3 Å². The lowest BCUT2D eigenvalue weighted by Gasteiger charge is -2.26. The number of aliphatic hydroxyl groups is 1. The van der Waals surface area contributed by atoms with Crippen LogP contribution in [0.2, 0.25) is 0 Å². The van der Waals surface area contributed by atoms with E-state index in [-0.39, 0.29) is 18.2 Å². The Kier molecular flexibility index (Phi) is 6.45. The lowest BCUT2D eigenvalue weighted by Crippen LogP contribution is -2.32. The average molecular weight is 380 g/mol. The summed E-state index contributed by atoms with van der Waals surface area (Å²) in [4.78, 5) is 9.55. The van der Waals surface area contributed by atoms with Crippen LogP contribution in [0.4, 0.5) is 11.8 Å². The van der Waals surface area contributed by atoms with Crippen molar-refractivity contribution in [1.82, 2.24) is 9.97 Å². The van der Waals surface area contributed by atoms with Gasteiger partial charge in [-0.2, -0.15) is 4.98 Å². The van der Waals surface area contributed by atoms with E-state index < -0.39 is 0 Å². The van der Waals surface area contributed by atoms with E-state index in [2.05, 4.69) is 50.2 Å². The molecule has 5 N–H and O–H groups in total. The molecule has 0 bridgehead atoms. The molecule has 1 saturated carbocycles. The van der Waals surface area contributed by atoms with Crippen molar-refractivity contribution in [2.24, 2.45) is 23.5 Å². The van der Waals surface area contributed by atoms with Gasteiger partial charge in [-0.1, -0.05) is 33.0 Å². The molecular formula is C19H33N5OS. The number of aliphatic hydroxyl groups excluding tert-OH is 1. The van der Waals surface area contributed by atoms with Crippen LogP contribution < -0.4 is 16.4 Å². The Hall–Kier alpha value is -1.47. The minimum atomic E-state index is -0.106. The van der Waals surface area contributed by atoms with Crippen LogP contribution in [-0.2, 0) is 0 Å². The van der Waals surface area contributed by atoms with E-state index in [0.717, 1.165) is 18.5 Å². The van der Waals surface area contributed by atoms with Gasteiger partial charge < -0.3 is 21.5 Å². The first-order valence-corrected chi connectivity index (χ1v) is 9.84. The molecule has 0 spiro atoms. The van der Waals surface area contributed by atoms with Gasteiger partial charge in [-0.15, -0.1) is 0 Å². The first-order chi connectivity index (χ1) is 12.1. The Balaban J connectivity index is 2.36. The molecule has 2 rings (SSSR count). The van der Waals surface area contributed by atoms with Crippen LogP contribution >= 0.6 is 12.2 Å². The molecular weight excluding hydrogens is 346 g/mol. The number of thiocarbonyl (C=S) groups is 1. The summed E-state index contributed by atoms with van der Waals surface area (Å²) in [7, 11) is 0. The van der Waals surface area contributed by atoms with Gasteiger partial charge in [0.1, 0.15) is 10.8 Å². The molecule has 4 unspecified atom stereocenters. The molecule has 1 aromatic heterocycles. The number of hydrogen-bond donors (Lipinski definition) is 4. The number of nitrogens with zero attached hydrogens (tertiary/aromatic N) is 2. The monoisotopic (exact) mass is 379 g/mol. The van der Waals surface area contributed by atoms with Gasteiger partial charge in [-0.3, -0.25) is 0 Å². The highest BCUT2D eigenvalue weighted by molar-refractivity contribution is 7.80. The second-order valence-corrected chi connectivity index (χ2v) is 8.67. The van der Waals surface area contributed by atoms with Crippen LogP contribution in [0.3, 0.4) is 0 Å². The zero-order valence-corrected chi connectivity index (χ0v) is 17.6. The van der Waals surface area contributed by atoms with Gasteiger partial charge >= 0.3 is 0 Å². The Morgan fingerprint density at radius 3 is 2.46 bits per heavy atom. The maximum atomic E-state index is 9.62. The van der Waals surface area contributed by atoms with Crippen molar-refractivity contribution in [2.75, 3.05) is 17.2 Å². The van der Waals surface area contributed by atoms with Crippen molar-refractivity contribution in [3.05, 3.63) is 11.3 Å². The summed E-state index contributed by atoms with van der Waals surface area (Å²) < 4.78 is 0. The highest BCUT2D eigenvalue weighted by atomic mass is 32.1. The summed E-state index contributed by atoms with van der Waals surface area (Å²) in [5.74, 6) is 2.43. The fourth-order valence-electron chi connectivity index (χ4n) is 3.58. The Morgan fingerprint density at radius 1 is 1.31 bits per heavy atom. The second-order valence-electron chi connectivity index (χ2n) is 8.23. The minimum Gasteiger partial charge on any atom is -0.396 e. The van der Waals surface area contributed by atoms with Crippen LogP contribution in [0, 0.1) is 24.7 Å². The van der Waals surface area contributed by atoms with Crippen LogP contribution in [0.5, 0.6) is 0 Å². The third-order valence-electron chi connectivity index (χ3n) is 5.99. The molecule has 0 aliphatic heterocycles. The Bertz CT molecular complexity index is 664.